The monoisotopic (exact) mass is 260 g/mol. The largest absolute Gasteiger partial charge is 0.303 e. The lowest BCUT2D eigenvalue weighted by Gasteiger charge is -2.18. The summed E-state index contributed by atoms with van der Waals surface area (Å²) in [7, 11) is 0. The molecule has 0 fully saturated rings. The highest BCUT2D eigenvalue weighted by Gasteiger charge is 2.20. The molecule has 19 heavy (non-hydrogen) atoms. The highest BCUT2D eigenvalue weighted by Crippen LogP contribution is 2.11. The number of hydrazine groups is 1. The van der Waals surface area contributed by atoms with Gasteiger partial charge in [0, 0.05) is 22.8 Å². The van der Waals surface area contributed by atoms with E-state index in [1.807, 2.05) is 39.0 Å². The van der Waals surface area contributed by atoms with Crippen LogP contribution in [0.25, 0.3) is 0 Å². The van der Waals surface area contributed by atoms with Crippen LogP contribution in [0.3, 0.4) is 0 Å². The Morgan fingerprint density at radius 1 is 1.05 bits per heavy atom. The predicted molar refractivity (Wildman–Crippen MR) is 75.3 cm³/mol. The zero-order valence-electron chi connectivity index (χ0n) is 11.8. The maximum atomic E-state index is 11.9. The van der Waals surface area contributed by atoms with Crippen LogP contribution in [0.4, 0.5) is 0 Å². The molecule has 0 aromatic heterocycles. The molecule has 2 N–H and O–H groups in total. The molecule has 0 radical (unpaired) electrons. The molecule has 4 nitrogen and oxygen atoms in total. The third-order valence-corrected chi connectivity index (χ3v) is 2.46. The fourth-order valence-corrected chi connectivity index (χ4v) is 1.26. The van der Waals surface area contributed by atoms with Crippen LogP contribution < -0.4 is 10.9 Å². The van der Waals surface area contributed by atoms with E-state index < -0.39 is 5.41 Å². The van der Waals surface area contributed by atoms with Gasteiger partial charge in [-0.1, -0.05) is 51.1 Å². The summed E-state index contributed by atoms with van der Waals surface area (Å²) < 4.78 is 0. The van der Waals surface area contributed by atoms with E-state index in [9.17, 15) is 9.59 Å². The van der Waals surface area contributed by atoms with E-state index in [0.29, 0.717) is 11.3 Å². The van der Waals surface area contributed by atoms with Gasteiger partial charge >= 0.3 is 0 Å². The van der Waals surface area contributed by atoms with Gasteiger partial charge in [-0.25, -0.2) is 0 Å². The van der Waals surface area contributed by atoms with E-state index in [2.05, 4.69) is 10.9 Å². The van der Waals surface area contributed by atoms with E-state index >= 15 is 0 Å². The number of ketones is 1. The topological polar surface area (TPSA) is 58.2 Å². The summed E-state index contributed by atoms with van der Waals surface area (Å²) in [4.78, 5) is 23.5. The summed E-state index contributed by atoms with van der Waals surface area (Å²) in [6.45, 7) is 7.18. The van der Waals surface area contributed by atoms with Gasteiger partial charge in [0.1, 0.15) is 0 Å². The standard InChI is InChI=1S/C15H20N2O2/c1-11(16-17-14(19)15(2,3)4)10-13(18)12-8-6-5-7-9-12/h5-10,16H,1-4H3,(H,17,19). The van der Waals surface area contributed by atoms with Crippen molar-refractivity contribution in [2.75, 3.05) is 0 Å². The van der Waals surface area contributed by atoms with Crippen molar-refractivity contribution >= 4 is 11.7 Å². The number of rotatable bonds is 4. The normalized spacial score (nSPS) is 11.9. The highest BCUT2D eigenvalue weighted by molar-refractivity contribution is 6.04. The van der Waals surface area contributed by atoms with Gasteiger partial charge in [-0.05, 0) is 6.92 Å². The molecule has 0 bridgehead atoms. The van der Waals surface area contributed by atoms with Gasteiger partial charge < -0.3 is 5.43 Å². The summed E-state index contributed by atoms with van der Waals surface area (Å²) in [6, 6.07) is 8.98. The van der Waals surface area contributed by atoms with Gasteiger partial charge in [0.05, 0.1) is 0 Å². The van der Waals surface area contributed by atoms with Gasteiger partial charge in [0.25, 0.3) is 0 Å². The lowest BCUT2D eigenvalue weighted by Crippen LogP contribution is -2.43. The van der Waals surface area contributed by atoms with Gasteiger partial charge in [-0.2, -0.15) is 0 Å². The van der Waals surface area contributed by atoms with Gasteiger partial charge in [0.15, 0.2) is 5.78 Å². The summed E-state index contributed by atoms with van der Waals surface area (Å²) in [5, 5.41) is 0. The predicted octanol–water partition coefficient (Wildman–Crippen LogP) is 2.44. The number of carbonyl (C=O) groups is 2. The average Bonchev–Trinajstić information content (AvgIpc) is 2.35. The number of allylic oxidation sites excluding steroid dienone is 2. The molecule has 0 unspecified atom stereocenters. The van der Waals surface area contributed by atoms with Crippen molar-refractivity contribution in [2.24, 2.45) is 5.41 Å². The molecule has 0 aliphatic heterocycles. The zero-order valence-corrected chi connectivity index (χ0v) is 11.8. The molecule has 0 heterocycles. The van der Waals surface area contributed by atoms with Crippen molar-refractivity contribution in [3.05, 3.63) is 47.7 Å². The maximum absolute atomic E-state index is 11.9. The molecule has 0 aliphatic rings. The fraction of sp³-hybridized carbons (Fsp3) is 0.333. The lowest BCUT2D eigenvalue weighted by molar-refractivity contribution is -0.129. The highest BCUT2D eigenvalue weighted by atomic mass is 16.2. The molecule has 0 atom stereocenters. The van der Waals surface area contributed by atoms with Gasteiger partial charge in [-0.15, -0.1) is 0 Å². The molecule has 0 aliphatic carbocycles. The van der Waals surface area contributed by atoms with Crippen LogP contribution in [0.5, 0.6) is 0 Å². The van der Waals surface area contributed by atoms with Crippen LogP contribution in [0.1, 0.15) is 38.1 Å². The van der Waals surface area contributed by atoms with Gasteiger partial charge in [-0.3, -0.25) is 15.0 Å². The first-order chi connectivity index (χ1) is 8.80. The molecule has 1 amide bonds. The number of benzene rings is 1. The van der Waals surface area contributed by atoms with Crippen molar-refractivity contribution < 1.29 is 9.59 Å². The minimum absolute atomic E-state index is 0.101. The Kier molecular flexibility index (Phi) is 4.87. The number of nitrogens with one attached hydrogen (secondary N) is 2. The average molecular weight is 260 g/mol. The summed E-state index contributed by atoms with van der Waals surface area (Å²) in [5.74, 6) is -0.233. The second-order valence-electron chi connectivity index (χ2n) is 5.39. The number of amides is 1. The van der Waals surface area contributed by atoms with Crippen LogP contribution in [0.2, 0.25) is 0 Å². The Bertz CT molecular complexity index is 485. The Morgan fingerprint density at radius 3 is 2.16 bits per heavy atom. The van der Waals surface area contributed by atoms with Crippen molar-refractivity contribution in [3.63, 3.8) is 0 Å². The number of hydrogen-bond acceptors (Lipinski definition) is 3. The summed E-state index contributed by atoms with van der Waals surface area (Å²) in [5.41, 5.74) is 6.03. The fourth-order valence-electron chi connectivity index (χ4n) is 1.26. The first-order valence-electron chi connectivity index (χ1n) is 6.15. The molecule has 1 aromatic rings. The van der Waals surface area contributed by atoms with Crippen molar-refractivity contribution in [2.45, 2.75) is 27.7 Å². The summed E-state index contributed by atoms with van der Waals surface area (Å²) >= 11 is 0. The first kappa shape index (κ1) is 15.0. The molecule has 0 saturated carbocycles. The van der Waals surface area contributed by atoms with Crippen LogP contribution in [0, 0.1) is 5.41 Å². The van der Waals surface area contributed by atoms with E-state index in [1.165, 1.54) is 6.08 Å². The van der Waals surface area contributed by atoms with Crippen LogP contribution in [-0.4, -0.2) is 11.7 Å². The molecular formula is C15H20N2O2. The molecule has 1 rings (SSSR count). The summed E-state index contributed by atoms with van der Waals surface area (Å²) in [6.07, 6.45) is 1.46. The molecule has 0 spiro atoms. The van der Waals surface area contributed by atoms with Crippen LogP contribution in [0.15, 0.2) is 42.1 Å². The molecule has 0 saturated heterocycles. The second kappa shape index (κ2) is 6.18. The Hall–Kier alpha value is -2.10. The van der Waals surface area contributed by atoms with Crippen LogP contribution in [-0.2, 0) is 4.79 Å². The Labute approximate surface area is 113 Å². The minimum Gasteiger partial charge on any atom is -0.303 e. The van der Waals surface area contributed by atoms with E-state index in [4.69, 9.17) is 0 Å². The smallest absolute Gasteiger partial charge is 0.243 e. The minimum atomic E-state index is -0.475. The Balaban J connectivity index is 2.59. The van der Waals surface area contributed by atoms with Crippen molar-refractivity contribution in [1.29, 1.82) is 0 Å². The van der Waals surface area contributed by atoms with E-state index in [0.717, 1.165) is 0 Å². The van der Waals surface area contributed by atoms with Gasteiger partial charge in [0.2, 0.25) is 5.91 Å². The molecule has 4 heteroatoms. The lowest BCUT2D eigenvalue weighted by atomic mass is 9.96. The number of carbonyl (C=O) groups excluding carboxylic acids is 2. The van der Waals surface area contributed by atoms with Crippen molar-refractivity contribution in [3.8, 4) is 0 Å². The third kappa shape index (κ3) is 4.95. The molecule has 102 valence electrons. The second-order valence-corrected chi connectivity index (χ2v) is 5.39. The van der Waals surface area contributed by atoms with E-state index in [1.54, 1.807) is 19.1 Å². The zero-order chi connectivity index (χ0) is 14.5. The van der Waals surface area contributed by atoms with E-state index in [-0.39, 0.29) is 11.7 Å². The third-order valence-electron chi connectivity index (χ3n) is 2.46. The molecule has 1 aromatic carbocycles. The SMILES string of the molecule is CC(=CC(=O)c1ccccc1)NNC(=O)C(C)(C)C. The quantitative estimate of drug-likeness (QED) is 0.496. The maximum Gasteiger partial charge on any atom is 0.243 e. The number of hydrogen-bond donors (Lipinski definition) is 2. The first-order valence-corrected chi connectivity index (χ1v) is 6.15. The Morgan fingerprint density at radius 2 is 1.63 bits per heavy atom. The van der Waals surface area contributed by atoms with Crippen LogP contribution >= 0.6 is 0 Å². The van der Waals surface area contributed by atoms with Crippen molar-refractivity contribution in [1.82, 2.24) is 10.9 Å². The molecular weight excluding hydrogens is 240 g/mol.